The Morgan fingerprint density at radius 3 is 2.79 bits per heavy atom. The molecule has 0 saturated carbocycles. The summed E-state index contributed by atoms with van der Waals surface area (Å²) in [6.07, 6.45) is 1.85. The molecule has 8 nitrogen and oxygen atoms in total. The summed E-state index contributed by atoms with van der Waals surface area (Å²) in [5.41, 5.74) is 3.43. The van der Waals surface area contributed by atoms with Crippen LogP contribution in [-0.4, -0.2) is 29.9 Å². The van der Waals surface area contributed by atoms with Gasteiger partial charge in [-0.3, -0.25) is 14.9 Å². The molecule has 5 rings (SSSR count). The van der Waals surface area contributed by atoms with Crippen LogP contribution in [0.3, 0.4) is 0 Å². The van der Waals surface area contributed by atoms with E-state index in [1.807, 2.05) is 24.3 Å². The van der Waals surface area contributed by atoms with Crippen LogP contribution in [0.2, 0.25) is 0 Å². The molecule has 1 aliphatic heterocycles. The Balaban J connectivity index is 1.54. The number of carbonyl (C=O) groups is 3. The van der Waals surface area contributed by atoms with Gasteiger partial charge in [0.25, 0.3) is 5.91 Å². The van der Waals surface area contributed by atoms with Crippen molar-refractivity contribution in [3.05, 3.63) is 64.9 Å². The Morgan fingerprint density at radius 2 is 2.00 bits per heavy atom. The number of thiazole rings is 1. The number of hydrogen-bond acceptors (Lipinski definition) is 7. The number of nitrogens with one attached hydrogen (secondary N) is 2. The van der Waals surface area contributed by atoms with Gasteiger partial charge in [-0.2, -0.15) is 0 Å². The third kappa shape index (κ3) is 3.94. The molecule has 3 heterocycles. The zero-order chi connectivity index (χ0) is 23.8. The van der Waals surface area contributed by atoms with Crippen molar-refractivity contribution in [1.82, 2.24) is 4.98 Å². The topological polar surface area (TPSA) is 111 Å². The van der Waals surface area contributed by atoms with E-state index in [2.05, 4.69) is 15.6 Å². The van der Waals surface area contributed by atoms with Crippen LogP contribution in [0.1, 0.15) is 44.9 Å². The maximum Gasteiger partial charge on any atom is 0.342 e. The van der Waals surface area contributed by atoms with Crippen LogP contribution >= 0.6 is 11.3 Å². The van der Waals surface area contributed by atoms with E-state index in [4.69, 9.17) is 9.15 Å². The molecule has 2 aromatic carbocycles. The fraction of sp³-hybridized carbons (Fsp3) is 0.200. The summed E-state index contributed by atoms with van der Waals surface area (Å²) in [5, 5.41) is 6.21. The number of aromatic nitrogens is 1. The summed E-state index contributed by atoms with van der Waals surface area (Å²) in [6, 6.07) is 12.8. The van der Waals surface area contributed by atoms with E-state index in [1.165, 1.54) is 18.4 Å². The number of amides is 2. The summed E-state index contributed by atoms with van der Waals surface area (Å²) >= 11 is 1.39. The number of hydrogen-bond donors (Lipinski definition) is 2. The number of carbonyl (C=O) groups excluding carboxylic acids is 3. The maximum atomic E-state index is 13.2. The van der Waals surface area contributed by atoms with Crippen molar-refractivity contribution < 1.29 is 23.5 Å². The van der Waals surface area contributed by atoms with Crippen molar-refractivity contribution in [2.75, 3.05) is 17.7 Å². The van der Waals surface area contributed by atoms with E-state index in [0.29, 0.717) is 41.2 Å². The number of fused-ring (bicyclic) bond motifs is 2. The number of anilines is 2. The molecule has 9 heteroatoms. The molecule has 4 aromatic rings. The average Bonchev–Trinajstić information content (AvgIpc) is 3.33. The highest BCUT2D eigenvalue weighted by molar-refractivity contribution is 7.21. The number of methoxy groups -OCH3 is 1. The van der Waals surface area contributed by atoms with E-state index in [1.54, 1.807) is 25.1 Å². The second kappa shape index (κ2) is 8.75. The number of nitrogens with zero attached hydrogens (tertiary/aromatic N) is 1. The summed E-state index contributed by atoms with van der Waals surface area (Å²) in [4.78, 5) is 42.2. The van der Waals surface area contributed by atoms with Crippen molar-refractivity contribution in [1.29, 1.82) is 0 Å². The molecule has 0 aliphatic carbocycles. The number of esters is 1. The van der Waals surface area contributed by atoms with E-state index in [-0.39, 0.29) is 17.4 Å². The van der Waals surface area contributed by atoms with Gasteiger partial charge < -0.3 is 14.5 Å². The predicted octanol–water partition coefficient (Wildman–Crippen LogP) is 5.18. The van der Waals surface area contributed by atoms with Crippen molar-refractivity contribution in [2.45, 2.75) is 26.2 Å². The Hall–Kier alpha value is -3.98. The molecule has 0 fully saturated rings. The molecule has 2 N–H and O–H groups in total. The number of para-hydroxylation sites is 1. The second-order valence-electron chi connectivity index (χ2n) is 7.94. The lowest BCUT2D eigenvalue weighted by atomic mass is 10.0. The van der Waals surface area contributed by atoms with Crippen LogP contribution in [0.4, 0.5) is 11.6 Å². The number of ether oxygens (including phenoxy) is 1. The first-order valence-corrected chi connectivity index (χ1v) is 11.6. The van der Waals surface area contributed by atoms with Crippen LogP contribution in [0.5, 0.6) is 0 Å². The zero-order valence-corrected chi connectivity index (χ0v) is 19.4. The van der Waals surface area contributed by atoms with Gasteiger partial charge in [0.15, 0.2) is 0 Å². The van der Waals surface area contributed by atoms with Gasteiger partial charge in [-0.1, -0.05) is 12.1 Å². The summed E-state index contributed by atoms with van der Waals surface area (Å²) in [6.45, 7) is 1.64. The highest BCUT2D eigenvalue weighted by Gasteiger charge is 2.29. The van der Waals surface area contributed by atoms with Gasteiger partial charge >= 0.3 is 5.97 Å². The second-order valence-corrected chi connectivity index (χ2v) is 8.97. The average molecular weight is 476 g/mol. The first kappa shape index (κ1) is 21.8. The lowest BCUT2D eigenvalue weighted by Crippen LogP contribution is -2.14. The van der Waals surface area contributed by atoms with E-state index >= 15 is 0 Å². The lowest BCUT2D eigenvalue weighted by Gasteiger charge is -2.10. The van der Waals surface area contributed by atoms with Gasteiger partial charge in [0.1, 0.15) is 16.3 Å². The van der Waals surface area contributed by atoms with Crippen molar-refractivity contribution in [2.24, 2.45) is 0 Å². The molecule has 2 amide bonds. The van der Waals surface area contributed by atoms with Crippen LogP contribution in [0.25, 0.3) is 20.8 Å². The van der Waals surface area contributed by atoms with Crippen LogP contribution in [0.15, 0.2) is 46.9 Å². The smallest absolute Gasteiger partial charge is 0.342 e. The molecule has 0 unspecified atom stereocenters. The molecular weight excluding hydrogens is 454 g/mol. The standard InChI is InChI=1S/C25H21N3O5S/c1-13-20(25(31)32-2)21(24-27-17-7-3-4-8-18(17)34-24)23(33-13)28-22(30)15-10-11-16-14(12-15)6-5-9-19(29)26-16/h3-4,7-8,10-12H,5-6,9H2,1-2H3,(H,26,29)(H,28,30). The van der Waals surface area contributed by atoms with Gasteiger partial charge in [0.05, 0.1) is 22.9 Å². The minimum atomic E-state index is -0.572. The van der Waals surface area contributed by atoms with Crippen molar-refractivity contribution in [3.63, 3.8) is 0 Å². The van der Waals surface area contributed by atoms with Crippen molar-refractivity contribution >= 4 is 50.9 Å². The molecule has 172 valence electrons. The summed E-state index contributed by atoms with van der Waals surface area (Å²) in [5.74, 6) is -0.549. The summed E-state index contributed by atoms with van der Waals surface area (Å²) < 4.78 is 11.7. The van der Waals surface area contributed by atoms with Crippen molar-refractivity contribution in [3.8, 4) is 10.6 Å². The molecule has 0 spiro atoms. The fourth-order valence-corrected chi connectivity index (χ4v) is 5.07. The van der Waals surface area contributed by atoms with Crippen LogP contribution in [0, 0.1) is 6.92 Å². The Labute approximate surface area is 198 Å². The number of rotatable bonds is 4. The predicted molar refractivity (Wildman–Crippen MR) is 129 cm³/mol. The fourth-order valence-electron chi connectivity index (χ4n) is 4.05. The first-order valence-electron chi connectivity index (χ1n) is 10.8. The minimum absolute atomic E-state index is 0.0298. The van der Waals surface area contributed by atoms with E-state index in [0.717, 1.165) is 21.5 Å². The monoisotopic (exact) mass is 475 g/mol. The van der Waals surface area contributed by atoms with Crippen LogP contribution < -0.4 is 10.6 Å². The van der Waals surface area contributed by atoms with Gasteiger partial charge in [-0.25, -0.2) is 9.78 Å². The third-order valence-corrected chi connectivity index (χ3v) is 6.75. The Bertz CT molecular complexity index is 1420. The maximum absolute atomic E-state index is 13.2. The normalized spacial score (nSPS) is 13.2. The van der Waals surface area contributed by atoms with Gasteiger partial charge in [-0.15, -0.1) is 11.3 Å². The van der Waals surface area contributed by atoms with E-state index in [9.17, 15) is 14.4 Å². The Kier molecular flexibility index (Phi) is 5.62. The SMILES string of the molecule is COC(=O)c1c(C)oc(NC(=O)c2ccc3c(c2)CCCC(=O)N3)c1-c1nc2ccccc2s1. The first-order chi connectivity index (χ1) is 16.4. The third-order valence-electron chi connectivity index (χ3n) is 5.70. The highest BCUT2D eigenvalue weighted by atomic mass is 32.1. The Morgan fingerprint density at radius 1 is 1.18 bits per heavy atom. The molecule has 0 bridgehead atoms. The molecule has 34 heavy (non-hydrogen) atoms. The van der Waals surface area contributed by atoms with Crippen LogP contribution in [-0.2, 0) is 16.0 Å². The number of aryl methyl sites for hydroxylation is 2. The summed E-state index contributed by atoms with van der Waals surface area (Å²) in [7, 11) is 1.30. The molecule has 0 radical (unpaired) electrons. The van der Waals surface area contributed by atoms with Gasteiger partial charge in [0, 0.05) is 17.7 Å². The molecule has 2 aromatic heterocycles. The minimum Gasteiger partial charge on any atom is -0.465 e. The quantitative estimate of drug-likeness (QED) is 0.394. The van der Waals surface area contributed by atoms with E-state index < -0.39 is 11.9 Å². The number of furan rings is 1. The highest BCUT2D eigenvalue weighted by Crippen LogP contribution is 2.41. The molecule has 1 aliphatic rings. The van der Waals surface area contributed by atoms with Gasteiger partial charge in [0.2, 0.25) is 11.8 Å². The molecular formula is C25H21N3O5S. The zero-order valence-electron chi connectivity index (χ0n) is 18.6. The van der Waals surface area contributed by atoms with Gasteiger partial charge in [-0.05, 0) is 55.7 Å². The lowest BCUT2D eigenvalue weighted by molar-refractivity contribution is -0.116. The molecule has 0 saturated heterocycles. The molecule has 0 atom stereocenters. The number of benzene rings is 2. The largest absolute Gasteiger partial charge is 0.465 e.